The number of ether oxygens (including phenoxy) is 2. The number of hydrogen-bond donors (Lipinski definition) is 0. The van der Waals surface area contributed by atoms with Gasteiger partial charge in [0.1, 0.15) is 6.61 Å². The molecule has 156 valence electrons. The lowest BCUT2D eigenvalue weighted by Gasteiger charge is -2.34. The highest BCUT2D eigenvalue weighted by atomic mass is 16.6. The molecule has 0 bridgehead atoms. The molecule has 0 spiro atoms. The van der Waals surface area contributed by atoms with Gasteiger partial charge in [0, 0.05) is 7.05 Å². The first-order valence-electron chi connectivity index (χ1n) is 10.2. The second-order valence-electron chi connectivity index (χ2n) is 7.13. The van der Waals surface area contributed by atoms with Crippen molar-refractivity contribution in [3.8, 4) is 0 Å². The van der Waals surface area contributed by atoms with Gasteiger partial charge in [-0.25, -0.2) is 4.79 Å². The van der Waals surface area contributed by atoms with Crippen molar-refractivity contribution in [1.29, 1.82) is 0 Å². The molecule has 0 fully saturated rings. The fourth-order valence-corrected chi connectivity index (χ4v) is 3.18. The first kappa shape index (κ1) is 22.6. The zero-order valence-corrected chi connectivity index (χ0v) is 17.5. The summed E-state index contributed by atoms with van der Waals surface area (Å²) in [6.07, 6.45) is 2.64. The highest BCUT2D eigenvalue weighted by Gasteiger charge is 2.45. The van der Waals surface area contributed by atoms with Crippen LogP contribution in [0, 0.1) is 5.92 Å². The summed E-state index contributed by atoms with van der Waals surface area (Å²) in [6.45, 7) is 5.11. The molecule has 0 atom stereocenters. The Morgan fingerprint density at radius 2 is 1.52 bits per heavy atom. The number of nitrogens with zero attached hydrogens (tertiary/aromatic N) is 1. The average Bonchev–Trinajstić information content (AvgIpc) is 2.78. The van der Waals surface area contributed by atoms with Crippen LogP contribution in [0.1, 0.15) is 37.8 Å². The molecule has 0 aliphatic carbocycles. The third-order valence-corrected chi connectivity index (χ3v) is 5.20. The molecule has 2 rings (SSSR count). The van der Waals surface area contributed by atoms with Crippen molar-refractivity contribution in [2.45, 2.75) is 32.3 Å². The molecule has 0 saturated carbocycles. The fraction of sp³-hybridized carbons (Fsp3) is 0.417. The molecule has 2 aromatic carbocycles. The van der Waals surface area contributed by atoms with Crippen LogP contribution in [0.5, 0.6) is 0 Å². The number of carbonyl (C=O) groups excluding carboxylic acids is 2. The van der Waals surface area contributed by atoms with Crippen molar-refractivity contribution >= 4 is 12.4 Å². The average molecular weight is 398 g/mol. The Labute approximate surface area is 173 Å². The van der Waals surface area contributed by atoms with Crippen molar-refractivity contribution in [2.75, 3.05) is 26.8 Å². The zero-order valence-electron chi connectivity index (χ0n) is 17.5. The number of likely N-dealkylation sites (N-methyl/N-ethyl adjacent to an activating group) is 1. The number of rotatable bonds is 12. The van der Waals surface area contributed by atoms with Crippen molar-refractivity contribution in [3.63, 3.8) is 0 Å². The molecule has 29 heavy (non-hydrogen) atoms. The van der Waals surface area contributed by atoms with Crippen LogP contribution in [0.2, 0.25) is 0 Å². The minimum absolute atomic E-state index is 0.101. The first-order valence-corrected chi connectivity index (χ1v) is 10.2. The molecule has 0 heterocycles. The quantitative estimate of drug-likeness (QED) is 0.401. The molecule has 0 N–H and O–H groups in total. The van der Waals surface area contributed by atoms with E-state index in [9.17, 15) is 9.59 Å². The maximum atomic E-state index is 13.5. The summed E-state index contributed by atoms with van der Waals surface area (Å²) >= 11 is 0. The van der Waals surface area contributed by atoms with Crippen LogP contribution in [0.25, 0.3) is 0 Å². The molecule has 0 saturated heterocycles. The molecular weight excluding hydrogens is 366 g/mol. The van der Waals surface area contributed by atoms with Crippen LogP contribution in [0.3, 0.4) is 0 Å². The number of esters is 1. The summed E-state index contributed by atoms with van der Waals surface area (Å²) in [5.74, 6) is -0.129. The molecule has 1 amide bonds. The van der Waals surface area contributed by atoms with Crippen molar-refractivity contribution in [1.82, 2.24) is 4.90 Å². The van der Waals surface area contributed by atoms with Gasteiger partial charge < -0.3 is 14.4 Å². The number of benzene rings is 2. The lowest BCUT2D eigenvalue weighted by Crippen LogP contribution is -2.43. The summed E-state index contributed by atoms with van der Waals surface area (Å²) in [6, 6.07) is 18.9. The van der Waals surface area contributed by atoms with Crippen molar-refractivity contribution in [3.05, 3.63) is 71.8 Å². The van der Waals surface area contributed by atoms with E-state index < -0.39 is 11.6 Å². The summed E-state index contributed by atoms with van der Waals surface area (Å²) in [7, 11) is 1.64. The largest absolute Gasteiger partial charge is 0.461 e. The second kappa shape index (κ2) is 11.4. The Hall–Kier alpha value is -2.66. The Morgan fingerprint density at radius 3 is 1.97 bits per heavy atom. The Kier molecular flexibility index (Phi) is 8.87. The van der Waals surface area contributed by atoms with Crippen LogP contribution in [-0.2, 0) is 24.7 Å². The van der Waals surface area contributed by atoms with Crippen molar-refractivity contribution < 1.29 is 19.1 Å². The molecule has 5 nitrogen and oxygen atoms in total. The topological polar surface area (TPSA) is 55.8 Å². The van der Waals surface area contributed by atoms with E-state index in [1.54, 1.807) is 7.05 Å². The van der Waals surface area contributed by atoms with Gasteiger partial charge in [-0.3, -0.25) is 4.79 Å². The van der Waals surface area contributed by atoms with Gasteiger partial charge >= 0.3 is 5.97 Å². The van der Waals surface area contributed by atoms with Crippen LogP contribution < -0.4 is 0 Å². The zero-order chi connectivity index (χ0) is 21.1. The maximum Gasteiger partial charge on any atom is 0.347 e. The highest BCUT2D eigenvalue weighted by molar-refractivity contribution is 5.86. The fourth-order valence-electron chi connectivity index (χ4n) is 3.18. The Bertz CT molecular complexity index is 704. The van der Waals surface area contributed by atoms with Gasteiger partial charge in [0.25, 0.3) is 0 Å². The van der Waals surface area contributed by atoms with E-state index in [0.717, 1.165) is 24.0 Å². The van der Waals surface area contributed by atoms with Crippen LogP contribution in [0.15, 0.2) is 60.7 Å². The number of amides is 1. The lowest BCUT2D eigenvalue weighted by atomic mass is 9.85. The second-order valence-corrected chi connectivity index (χ2v) is 7.13. The van der Waals surface area contributed by atoms with Gasteiger partial charge in [0.15, 0.2) is 0 Å². The van der Waals surface area contributed by atoms with Gasteiger partial charge in [0.05, 0.1) is 13.2 Å². The summed E-state index contributed by atoms with van der Waals surface area (Å²) in [4.78, 5) is 25.7. The monoisotopic (exact) mass is 397 g/mol. The first-order chi connectivity index (χ1) is 14.1. The molecule has 0 aromatic heterocycles. The maximum absolute atomic E-state index is 13.5. The molecule has 2 aromatic rings. The lowest BCUT2D eigenvalue weighted by molar-refractivity contribution is -0.171. The van der Waals surface area contributed by atoms with Crippen LogP contribution in [0.4, 0.5) is 0 Å². The Balaban J connectivity index is 2.44. The predicted molar refractivity (Wildman–Crippen MR) is 113 cm³/mol. The Morgan fingerprint density at radius 1 is 1.00 bits per heavy atom. The van der Waals surface area contributed by atoms with E-state index in [-0.39, 0.29) is 6.61 Å². The highest BCUT2D eigenvalue weighted by Crippen LogP contribution is 2.36. The molecule has 5 heteroatoms. The van der Waals surface area contributed by atoms with Gasteiger partial charge in [-0.15, -0.1) is 0 Å². The van der Waals surface area contributed by atoms with Gasteiger partial charge in [0.2, 0.25) is 12.0 Å². The minimum Gasteiger partial charge on any atom is -0.461 e. The third-order valence-electron chi connectivity index (χ3n) is 5.20. The van der Waals surface area contributed by atoms with Gasteiger partial charge in [-0.2, -0.15) is 0 Å². The predicted octanol–water partition coefficient (Wildman–Crippen LogP) is 4.01. The summed E-state index contributed by atoms with van der Waals surface area (Å²) < 4.78 is 12.1. The molecule has 0 radical (unpaired) electrons. The smallest absolute Gasteiger partial charge is 0.347 e. The van der Waals surface area contributed by atoms with Crippen LogP contribution >= 0.6 is 0 Å². The van der Waals surface area contributed by atoms with E-state index in [1.807, 2.05) is 60.7 Å². The molecule has 0 aliphatic heterocycles. The van der Waals surface area contributed by atoms with Gasteiger partial charge in [-0.1, -0.05) is 87.4 Å². The van der Waals surface area contributed by atoms with E-state index in [0.29, 0.717) is 25.5 Å². The van der Waals surface area contributed by atoms with Gasteiger partial charge in [-0.05, 0) is 17.0 Å². The number of hydrogen-bond acceptors (Lipinski definition) is 4. The summed E-state index contributed by atoms with van der Waals surface area (Å²) in [5, 5.41) is 0. The SMILES string of the molecule is CCC(CC)COC(C(=O)OCCN(C)C=O)(c1ccccc1)c1ccccc1. The van der Waals surface area contributed by atoms with E-state index in [2.05, 4.69) is 13.8 Å². The standard InChI is InChI=1S/C24H31NO4/c1-4-20(5-2)18-29-24(21-12-8-6-9-13-21,22-14-10-7-11-15-22)23(27)28-17-16-25(3)19-26/h6-15,19-20H,4-5,16-18H2,1-3H3. The van der Waals surface area contributed by atoms with Crippen LogP contribution in [-0.4, -0.2) is 44.1 Å². The number of carbonyl (C=O) groups is 2. The molecule has 0 aliphatic rings. The van der Waals surface area contributed by atoms with E-state index >= 15 is 0 Å². The van der Waals surface area contributed by atoms with Crippen molar-refractivity contribution in [2.24, 2.45) is 5.92 Å². The minimum atomic E-state index is -1.36. The molecule has 0 unspecified atom stereocenters. The summed E-state index contributed by atoms with van der Waals surface area (Å²) in [5.41, 5.74) is 0.0991. The third kappa shape index (κ3) is 5.67. The normalized spacial score (nSPS) is 11.3. The van der Waals surface area contributed by atoms with E-state index in [4.69, 9.17) is 9.47 Å². The molecular formula is C24H31NO4. The van der Waals surface area contributed by atoms with E-state index in [1.165, 1.54) is 4.90 Å².